The van der Waals surface area contributed by atoms with E-state index >= 15 is 0 Å². The average molecular weight is 322 g/mol. The molecular weight excluding hydrogens is 309 g/mol. The molecule has 0 bridgehead atoms. The van der Waals surface area contributed by atoms with Crippen LogP contribution in [-0.4, -0.2) is 19.5 Å². The van der Waals surface area contributed by atoms with Crippen LogP contribution in [-0.2, 0) is 45.3 Å². The third-order valence-corrected chi connectivity index (χ3v) is 2.57. The Bertz CT molecular complexity index is 488. The van der Waals surface area contributed by atoms with Crippen LogP contribution in [0, 0.1) is 0 Å². The fourth-order valence-electron chi connectivity index (χ4n) is 1.70. The molecule has 17 heavy (non-hydrogen) atoms. The van der Waals surface area contributed by atoms with Crippen LogP contribution in [0.3, 0.4) is 0 Å². The summed E-state index contributed by atoms with van der Waals surface area (Å²) in [4.78, 5) is 0. The number of fused-ring (bicyclic) bond motifs is 1. The Morgan fingerprint density at radius 3 is 2.18 bits per heavy atom. The molecule has 0 unspecified atom stereocenters. The largest absolute Gasteiger partial charge is 0.789 e. The maximum Gasteiger partial charge on any atom is 0.127 e. The van der Waals surface area contributed by atoms with Gasteiger partial charge in [-0.1, -0.05) is 24.3 Å². The van der Waals surface area contributed by atoms with E-state index in [4.69, 9.17) is 22.1 Å². The smallest absolute Gasteiger partial charge is 0.127 e. The van der Waals surface area contributed by atoms with E-state index in [1.165, 1.54) is 0 Å². The quantitative estimate of drug-likeness (QED) is 0.807. The fraction of sp³-hybridized carbons (Fsp3) is 0.231. The van der Waals surface area contributed by atoms with Gasteiger partial charge >= 0.3 is 0 Å². The van der Waals surface area contributed by atoms with Crippen molar-refractivity contribution in [1.29, 1.82) is 0 Å². The minimum absolute atomic E-state index is 0. The third kappa shape index (κ3) is 3.37. The molecule has 0 heterocycles. The zero-order valence-corrected chi connectivity index (χ0v) is 13.3. The van der Waals surface area contributed by atoms with Crippen molar-refractivity contribution < 1.29 is 42.2 Å². The normalized spacial score (nSPS) is 9.76. The third-order valence-electron chi connectivity index (χ3n) is 2.40. The molecule has 1 radical (unpaired) electrons. The van der Waals surface area contributed by atoms with Crippen molar-refractivity contribution in [3.05, 3.63) is 36.4 Å². The number of hydrogen-bond acceptors (Lipinski definition) is 3. The molecule has 0 atom stereocenters. The van der Waals surface area contributed by atoms with E-state index in [0.29, 0.717) is 12.4 Å². The fourth-order valence-corrected chi connectivity index (χ4v) is 1.78. The predicted octanol–water partition coefficient (Wildman–Crippen LogP) is 2.77. The summed E-state index contributed by atoms with van der Waals surface area (Å²) in [7, 11) is 1.67. The van der Waals surface area contributed by atoms with Gasteiger partial charge in [0.2, 0.25) is 0 Å². The standard InChI is InChI=1S/C13H14O2S.Y/c1-14-12-6-7-13(15-8-9-16)11-5-3-2-4-10(11)12;/h2-7,16H,8-9H2,1H3;/p-1. The summed E-state index contributed by atoms with van der Waals surface area (Å²) in [6, 6.07) is 11.9. The van der Waals surface area contributed by atoms with Crippen LogP contribution in [0.4, 0.5) is 0 Å². The summed E-state index contributed by atoms with van der Waals surface area (Å²) in [6.07, 6.45) is 0. The predicted molar refractivity (Wildman–Crippen MR) is 68.2 cm³/mol. The Labute approximate surface area is 132 Å². The first-order valence-corrected chi connectivity index (χ1v) is 5.71. The molecule has 0 aliphatic heterocycles. The van der Waals surface area contributed by atoms with Crippen LogP contribution in [0.1, 0.15) is 0 Å². The van der Waals surface area contributed by atoms with Crippen molar-refractivity contribution in [3.8, 4) is 11.5 Å². The first-order valence-electron chi connectivity index (χ1n) is 5.13. The van der Waals surface area contributed by atoms with E-state index in [-0.39, 0.29) is 32.7 Å². The van der Waals surface area contributed by atoms with E-state index in [1.54, 1.807) is 7.11 Å². The van der Waals surface area contributed by atoms with Gasteiger partial charge in [0, 0.05) is 43.5 Å². The van der Waals surface area contributed by atoms with Crippen LogP contribution in [0.25, 0.3) is 10.8 Å². The maximum absolute atomic E-state index is 5.61. The van der Waals surface area contributed by atoms with Crippen LogP contribution in [0.2, 0.25) is 0 Å². The van der Waals surface area contributed by atoms with Crippen molar-refractivity contribution in [2.24, 2.45) is 0 Å². The molecule has 0 aliphatic rings. The summed E-state index contributed by atoms with van der Waals surface area (Å²) >= 11 is 4.87. The van der Waals surface area contributed by atoms with Crippen LogP contribution >= 0.6 is 0 Å². The molecule has 0 fully saturated rings. The van der Waals surface area contributed by atoms with Crippen LogP contribution in [0.5, 0.6) is 11.5 Å². The van der Waals surface area contributed by atoms with Crippen LogP contribution < -0.4 is 9.47 Å². The minimum atomic E-state index is 0. The Hall–Kier alpha value is -0.246. The van der Waals surface area contributed by atoms with Crippen molar-refractivity contribution >= 4 is 23.4 Å². The Kier molecular flexibility index (Phi) is 6.31. The summed E-state index contributed by atoms with van der Waals surface area (Å²) in [5.41, 5.74) is 0. The first kappa shape index (κ1) is 14.8. The van der Waals surface area contributed by atoms with Gasteiger partial charge in [-0.3, -0.25) is 0 Å². The molecule has 2 aromatic carbocycles. The van der Waals surface area contributed by atoms with Gasteiger partial charge < -0.3 is 22.1 Å². The van der Waals surface area contributed by atoms with Gasteiger partial charge in [0.1, 0.15) is 11.5 Å². The number of hydrogen-bond donors (Lipinski definition) is 0. The number of benzene rings is 2. The van der Waals surface area contributed by atoms with Gasteiger partial charge in [0.05, 0.1) is 13.7 Å². The van der Waals surface area contributed by atoms with Crippen molar-refractivity contribution in [2.75, 3.05) is 19.5 Å². The monoisotopic (exact) mass is 322 g/mol. The average Bonchev–Trinajstić information content (AvgIpc) is 2.36. The second-order valence-electron chi connectivity index (χ2n) is 3.36. The molecule has 0 saturated heterocycles. The first-order chi connectivity index (χ1) is 7.86. The van der Waals surface area contributed by atoms with Crippen molar-refractivity contribution in [3.63, 3.8) is 0 Å². The van der Waals surface area contributed by atoms with Gasteiger partial charge in [-0.05, 0) is 12.1 Å². The SMILES string of the molecule is COc1ccc(OCC[S-])c2ccccc12.[Y]. The van der Waals surface area contributed by atoms with Gasteiger partial charge in [0.15, 0.2) is 0 Å². The molecule has 2 nitrogen and oxygen atoms in total. The molecular formula is C13H13O2SY-. The second-order valence-corrected chi connectivity index (χ2v) is 3.77. The molecule has 0 aliphatic carbocycles. The van der Waals surface area contributed by atoms with Crippen molar-refractivity contribution in [2.45, 2.75) is 0 Å². The molecule has 0 saturated carbocycles. The topological polar surface area (TPSA) is 18.5 Å². The van der Waals surface area contributed by atoms with Gasteiger partial charge in [-0.25, -0.2) is 0 Å². The number of methoxy groups -OCH3 is 1. The molecule has 0 spiro atoms. The summed E-state index contributed by atoms with van der Waals surface area (Å²) in [6.45, 7) is 0.561. The Morgan fingerprint density at radius 2 is 1.59 bits per heavy atom. The molecule has 0 aromatic heterocycles. The summed E-state index contributed by atoms with van der Waals surface area (Å²) < 4.78 is 10.9. The van der Waals surface area contributed by atoms with Gasteiger partial charge in [-0.2, -0.15) is 0 Å². The van der Waals surface area contributed by atoms with Crippen LogP contribution in [0.15, 0.2) is 36.4 Å². The minimum Gasteiger partial charge on any atom is -0.789 e. The number of ether oxygens (including phenoxy) is 2. The van der Waals surface area contributed by atoms with E-state index in [0.717, 1.165) is 22.3 Å². The summed E-state index contributed by atoms with van der Waals surface area (Å²) in [5, 5.41) is 2.12. The van der Waals surface area contributed by atoms with Crippen molar-refractivity contribution in [1.82, 2.24) is 0 Å². The van der Waals surface area contributed by atoms with E-state index in [1.807, 2.05) is 36.4 Å². The molecule has 87 valence electrons. The molecule has 2 rings (SSSR count). The second kappa shape index (κ2) is 7.25. The number of rotatable bonds is 4. The Balaban J connectivity index is 0.00000144. The van der Waals surface area contributed by atoms with E-state index in [2.05, 4.69) is 0 Å². The maximum atomic E-state index is 5.61. The van der Waals surface area contributed by atoms with E-state index in [9.17, 15) is 0 Å². The zero-order chi connectivity index (χ0) is 11.4. The summed E-state index contributed by atoms with van der Waals surface area (Å²) in [5.74, 6) is 2.32. The zero-order valence-electron chi connectivity index (χ0n) is 9.68. The molecule has 4 heteroatoms. The van der Waals surface area contributed by atoms with Gasteiger partial charge in [0.25, 0.3) is 0 Å². The van der Waals surface area contributed by atoms with Gasteiger partial charge in [-0.15, -0.1) is 5.75 Å². The Morgan fingerprint density at radius 1 is 1.00 bits per heavy atom. The molecule has 2 aromatic rings. The molecule has 0 amide bonds. The molecule has 0 N–H and O–H groups in total. The van der Waals surface area contributed by atoms with E-state index < -0.39 is 0 Å².